The van der Waals surface area contributed by atoms with Gasteiger partial charge < -0.3 is 10.1 Å². The minimum Gasteiger partial charge on any atom is -0.450 e. The van der Waals surface area contributed by atoms with Crippen LogP contribution in [0.5, 0.6) is 0 Å². The molecule has 0 saturated heterocycles. The quantitative estimate of drug-likeness (QED) is 0.800. The summed E-state index contributed by atoms with van der Waals surface area (Å²) in [6.07, 6.45) is 6.17. The fourth-order valence-electron chi connectivity index (χ4n) is 2.11. The molecule has 0 unspecified atom stereocenters. The van der Waals surface area contributed by atoms with Crippen LogP contribution in [0.4, 0.5) is 4.79 Å². The Labute approximate surface area is 99.9 Å². The van der Waals surface area contributed by atoms with E-state index >= 15 is 0 Å². The maximum atomic E-state index is 11.2. The van der Waals surface area contributed by atoms with Crippen LogP contribution >= 0.6 is 0 Å². The molecule has 0 aliphatic heterocycles. The highest BCUT2D eigenvalue weighted by atomic mass is 16.5. The van der Waals surface area contributed by atoms with Crippen LogP contribution in [0.2, 0.25) is 0 Å². The van der Waals surface area contributed by atoms with Gasteiger partial charge in [-0.2, -0.15) is 0 Å². The van der Waals surface area contributed by atoms with Crippen LogP contribution in [-0.2, 0) is 4.74 Å². The largest absolute Gasteiger partial charge is 0.450 e. The van der Waals surface area contributed by atoms with Crippen molar-refractivity contribution in [2.24, 2.45) is 5.92 Å². The Morgan fingerprint density at radius 3 is 2.38 bits per heavy atom. The standard InChI is InChI=1S/C11H21NO2.C2H6/c1-3-14-11(13)12-9(2)10-7-5-4-6-8-10;1-2/h9-10H,3-8H2,1-2H3,(H,12,13);1-2H3/t9-;/m1./s1. The summed E-state index contributed by atoms with van der Waals surface area (Å²) in [4.78, 5) is 11.2. The van der Waals surface area contributed by atoms with Crippen LogP contribution in [0, 0.1) is 5.92 Å². The molecule has 1 amide bonds. The molecular weight excluding hydrogens is 202 g/mol. The average Bonchev–Trinajstić information content (AvgIpc) is 2.33. The third kappa shape index (κ3) is 5.99. The number of alkyl carbamates (subject to hydrolysis) is 1. The highest BCUT2D eigenvalue weighted by Crippen LogP contribution is 2.26. The molecule has 1 saturated carbocycles. The molecule has 1 aliphatic carbocycles. The van der Waals surface area contributed by atoms with Gasteiger partial charge in [-0.25, -0.2) is 4.79 Å². The van der Waals surface area contributed by atoms with Crippen molar-refractivity contribution >= 4 is 6.09 Å². The van der Waals surface area contributed by atoms with Crippen LogP contribution in [0.25, 0.3) is 0 Å². The first kappa shape index (κ1) is 15.3. The first-order valence-corrected chi connectivity index (χ1v) is 6.67. The van der Waals surface area contributed by atoms with E-state index in [0.717, 1.165) is 0 Å². The van der Waals surface area contributed by atoms with Crippen molar-refractivity contribution in [3.05, 3.63) is 0 Å². The number of amides is 1. The molecule has 3 heteroatoms. The van der Waals surface area contributed by atoms with E-state index in [2.05, 4.69) is 12.2 Å². The van der Waals surface area contributed by atoms with Gasteiger partial charge in [0.25, 0.3) is 0 Å². The molecule has 0 bridgehead atoms. The normalized spacial score (nSPS) is 18.0. The van der Waals surface area contributed by atoms with Gasteiger partial charge in [0, 0.05) is 6.04 Å². The van der Waals surface area contributed by atoms with E-state index in [0.29, 0.717) is 12.5 Å². The zero-order valence-corrected chi connectivity index (χ0v) is 11.2. The highest BCUT2D eigenvalue weighted by Gasteiger charge is 2.21. The molecule has 0 spiro atoms. The molecule has 1 rings (SSSR count). The van der Waals surface area contributed by atoms with Crippen molar-refractivity contribution in [3.8, 4) is 0 Å². The molecule has 0 heterocycles. The molecule has 1 N–H and O–H groups in total. The Morgan fingerprint density at radius 1 is 1.31 bits per heavy atom. The van der Waals surface area contributed by atoms with Gasteiger partial charge in [-0.05, 0) is 32.6 Å². The summed E-state index contributed by atoms with van der Waals surface area (Å²) in [7, 11) is 0. The van der Waals surface area contributed by atoms with Crippen molar-refractivity contribution in [1.29, 1.82) is 0 Å². The first-order valence-electron chi connectivity index (χ1n) is 6.67. The van der Waals surface area contributed by atoms with E-state index in [9.17, 15) is 4.79 Å². The van der Waals surface area contributed by atoms with Crippen molar-refractivity contribution in [2.75, 3.05) is 6.61 Å². The van der Waals surface area contributed by atoms with Gasteiger partial charge in [0.05, 0.1) is 6.61 Å². The van der Waals surface area contributed by atoms with E-state index in [1.165, 1.54) is 32.1 Å². The number of nitrogens with one attached hydrogen (secondary N) is 1. The van der Waals surface area contributed by atoms with Crippen LogP contribution in [0.3, 0.4) is 0 Å². The summed E-state index contributed by atoms with van der Waals surface area (Å²) in [6, 6.07) is 0.259. The molecule has 16 heavy (non-hydrogen) atoms. The molecule has 1 atom stereocenters. The Bertz CT molecular complexity index is 177. The summed E-state index contributed by atoms with van der Waals surface area (Å²) in [5.41, 5.74) is 0. The fraction of sp³-hybridized carbons (Fsp3) is 0.923. The van der Waals surface area contributed by atoms with Gasteiger partial charge in [-0.1, -0.05) is 33.1 Å². The van der Waals surface area contributed by atoms with E-state index in [4.69, 9.17) is 4.74 Å². The summed E-state index contributed by atoms with van der Waals surface area (Å²) in [5.74, 6) is 0.646. The lowest BCUT2D eigenvalue weighted by Gasteiger charge is -2.27. The molecule has 0 aromatic heterocycles. The van der Waals surface area contributed by atoms with Gasteiger partial charge in [-0.3, -0.25) is 0 Å². The smallest absolute Gasteiger partial charge is 0.407 e. The zero-order chi connectivity index (χ0) is 12.4. The lowest BCUT2D eigenvalue weighted by Crippen LogP contribution is -2.39. The maximum absolute atomic E-state index is 11.2. The SMILES string of the molecule is CC.CCOC(=O)N[C@H](C)C1CCCCC1. The molecular formula is C13H27NO2. The topological polar surface area (TPSA) is 38.3 Å². The van der Waals surface area contributed by atoms with Crippen LogP contribution in [0.1, 0.15) is 59.8 Å². The second-order valence-electron chi connectivity index (χ2n) is 4.05. The van der Waals surface area contributed by atoms with Gasteiger partial charge in [-0.15, -0.1) is 0 Å². The number of carbonyl (C=O) groups is 1. The minimum absolute atomic E-state index is 0.259. The zero-order valence-electron chi connectivity index (χ0n) is 11.2. The van der Waals surface area contributed by atoms with Gasteiger partial charge >= 0.3 is 6.09 Å². The summed E-state index contributed by atoms with van der Waals surface area (Å²) >= 11 is 0. The van der Waals surface area contributed by atoms with E-state index in [-0.39, 0.29) is 12.1 Å². The van der Waals surface area contributed by atoms with Gasteiger partial charge in [0.15, 0.2) is 0 Å². The van der Waals surface area contributed by atoms with E-state index in [1.54, 1.807) is 0 Å². The lowest BCUT2D eigenvalue weighted by atomic mass is 9.85. The number of hydrogen-bond donors (Lipinski definition) is 1. The summed E-state index contributed by atoms with van der Waals surface area (Å²) in [6.45, 7) is 8.35. The summed E-state index contributed by atoms with van der Waals surface area (Å²) < 4.78 is 4.85. The molecule has 0 radical (unpaired) electrons. The number of ether oxygens (including phenoxy) is 1. The second-order valence-corrected chi connectivity index (χ2v) is 4.05. The average molecular weight is 229 g/mol. The molecule has 1 aliphatic rings. The maximum Gasteiger partial charge on any atom is 0.407 e. The Hall–Kier alpha value is -0.730. The highest BCUT2D eigenvalue weighted by molar-refractivity contribution is 5.67. The Kier molecular flexibility index (Phi) is 9.06. The molecule has 1 fully saturated rings. The first-order chi connectivity index (χ1) is 7.74. The number of carbonyl (C=O) groups excluding carboxylic acids is 1. The Morgan fingerprint density at radius 2 is 1.88 bits per heavy atom. The minimum atomic E-state index is -0.273. The summed E-state index contributed by atoms with van der Waals surface area (Å²) in [5, 5.41) is 2.89. The van der Waals surface area contributed by atoms with Gasteiger partial charge in [0.1, 0.15) is 0 Å². The monoisotopic (exact) mass is 229 g/mol. The molecule has 0 aromatic rings. The predicted molar refractivity (Wildman–Crippen MR) is 67.5 cm³/mol. The van der Waals surface area contributed by atoms with E-state index in [1.807, 2.05) is 20.8 Å². The number of hydrogen-bond acceptors (Lipinski definition) is 2. The predicted octanol–water partition coefficient (Wildman–Crippen LogP) is 3.73. The van der Waals surface area contributed by atoms with E-state index < -0.39 is 0 Å². The van der Waals surface area contributed by atoms with Crippen molar-refractivity contribution in [1.82, 2.24) is 5.32 Å². The van der Waals surface area contributed by atoms with Gasteiger partial charge in [0.2, 0.25) is 0 Å². The van der Waals surface area contributed by atoms with Crippen LogP contribution in [0.15, 0.2) is 0 Å². The fourth-order valence-corrected chi connectivity index (χ4v) is 2.11. The third-order valence-electron chi connectivity index (χ3n) is 2.98. The Balaban J connectivity index is 0.00000106. The second kappa shape index (κ2) is 9.49. The van der Waals surface area contributed by atoms with Crippen molar-refractivity contribution in [2.45, 2.75) is 65.8 Å². The molecule has 0 aromatic carbocycles. The third-order valence-corrected chi connectivity index (χ3v) is 2.98. The van der Waals surface area contributed by atoms with Crippen molar-refractivity contribution in [3.63, 3.8) is 0 Å². The molecule has 3 nitrogen and oxygen atoms in total. The van der Waals surface area contributed by atoms with Crippen LogP contribution < -0.4 is 5.32 Å². The van der Waals surface area contributed by atoms with Crippen molar-refractivity contribution < 1.29 is 9.53 Å². The lowest BCUT2D eigenvalue weighted by molar-refractivity contribution is 0.142. The van der Waals surface area contributed by atoms with Crippen LogP contribution in [-0.4, -0.2) is 18.7 Å². The number of rotatable bonds is 3. The molecule has 96 valence electrons.